The molecule has 0 saturated carbocycles. The second kappa shape index (κ2) is 10.4. The molecule has 1 aliphatic rings. The first kappa shape index (κ1) is 22.1. The van der Waals surface area contributed by atoms with Crippen LogP contribution in [0.5, 0.6) is 5.75 Å². The fourth-order valence-corrected chi connectivity index (χ4v) is 5.03. The fourth-order valence-electron chi connectivity index (χ4n) is 3.44. The molecule has 0 radical (unpaired) electrons. The first-order valence-corrected chi connectivity index (χ1v) is 11.6. The Morgan fingerprint density at radius 1 is 1.00 bits per heavy atom. The van der Waals surface area contributed by atoms with Gasteiger partial charge >= 0.3 is 0 Å². The van der Waals surface area contributed by atoms with E-state index < -0.39 is 10.0 Å². The van der Waals surface area contributed by atoms with Gasteiger partial charge in [-0.1, -0.05) is 30.7 Å². The summed E-state index contributed by atoms with van der Waals surface area (Å²) >= 11 is 0. The molecular formula is C22H30N4O3S. The summed E-state index contributed by atoms with van der Waals surface area (Å²) in [5.74, 6) is 1.45. The van der Waals surface area contributed by atoms with E-state index in [0.717, 1.165) is 36.1 Å². The zero-order chi connectivity index (χ0) is 21.4. The van der Waals surface area contributed by atoms with Crippen LogP contribution >= 0.6 is 0 Å². The zero-order valence-electron chi connectivity index (χ0n) is 17.6. The lowest BCUT2D eigenvalue weighted by Gasteiger charge is -2.26. The van der Waals surface area contributed by atoms with Gasteiger partial charge in [0.25, 0.3) is 0 Å². The number of rotatable bonds is 7. The molecule has 0 atom stereocenters. The minimum atomic E-state index is -3.43. The summed E-state index contributed by atoms with van der Waals surface area (Å²) in [7, 11) is -0.0818. The highest BCUT2D eigenvalue weighted by atomic mass is 32.2. The van der Waals surface area contributed by atoms with E-state index in [4.69, 9.17) is 4.74 Å². The molecule has 1 fully saturated rings. The van der Waals surface area contributed by atoms with Gasteiger partial charge < -0.3 is 15.4 Å². The number of aliphatic imine (C=N–C) groups is 1. The number of hydrogen-bond donors (Lipinski definition) is 2. The van der Waals surface area contributed by atoms with Gasteiger partial charge in [0.2, 0.25) is 10.0 Å². The van der Waals surface area contributed by atoms with Crippen molar-refractivity contribution in [3.8, 4) is 5.75 Å². The lowest BCUT2D eigenvalue weighted by molar-refractivity contribution is 0.346. The summed E-state index contributed by atoms with van der Waals surface area (Å²) in [5.41, 5.74) is 1.96. The van der Waals surface area contributed by atoms with Crippen molar-refractivity contribution >= 4 is 16.0 Å². The van der Waals surface area contributed by atoms with Crippen LogP contribution in [-0.2, 0) is 23.1 Å². The van der Waals surface area contributed by atoms with Crippen LogP contribution in [-0.4, -0.2) is 45.9 Å². The predicted octanol–water partition coefficient (Wildman–Crippen LogP) is 2.74. The summed E-state index contributed by atoms with van der Waals surface area (Å²) < 4.78 is 32.7. The van der Waals surface area contributed by atoms with Crippen LogP contribution in [0.25, 0.3) is 0 Å². The molecule has 0 aromatic heterocycles. The van der Waals surface area contributed by atoms with Gasteiger partial charge in [-0.3, -0.25) is 4.99 Å². The summed E-state index contributed by atoms with van der Waals surface area (Å²) in [4.78, 5) is 4.59. The number of nitrogens with one attached hydrogen (secondary N) is 2. The fraction of sp³-hybridized carbons (Fsp3) is 0.409. The van der Waals surface area contributed by atoms with Crippen LogP contribution in [0.15, 0.2) is 58.4 Å². The molecule has 2 aromatic rings. The lowest BCUT2D eigenvalue weighted by Crippen LogP contribution is -2.36. The Kier molecular flexibility index (Phi) is 7.70. The second-order valence-electron chi connectivity index (χ2n) is 7.24. The largest absolute Gasteiger partial charge is 0.497 e. The van der Waals surface area contributed by atoms with Crippen molar-refractivity contribution in [2.24, 2.45) is 4.99 Å². The molecule has 0 spiro atoms. The van der Waals surface area contributed by atoms with Crippen molar-refractivity contribution in [3.63, 3.8) is 0 Å². The first-order chi connectivity index (χ1) is 14.5. The van der Waals surface area contributed by atoms with E-state index in [1.54, 1.807) is 36.7 Å². The molecule has 0 aliphatic carbocycles. The van der Waals surface area contributed by atoms with Crippen molar-refractivity contribution in [2.45, 2.75) is 37.2 Å². The van der Waals surface area contributed by atoms with Gasteiger partial charge in [-0.25, -0.2) is 8.42 Å². The Morgan fingerprint density at radius 2 is 1.63 bits per heavy atom. The third kappa shape index (κ3) is 5.73. The molecule has 1 heterocycles. The molecule has 2 aromatic carbocycles. The van der Waals surface area contributed by atoms with Gasteiger partial charge in [-0.05, 0) is 48.2 Å². The number of methoxy groups -OCH3 is 1. The average Bonchev–Trinajstić information content (AvgIpc) is 2.80. The number of piperidine rings is 1. The number of benzene rings is 2. The van der Waals surface area contributed by atoms with Crippen molar-refractivity contribution in [1.82, 2.24) is 14.9 Å². The van der Waals surface area contributed by atoms with Gasteiger partial charge in [0.15, 0.2) is 5.96 Å². The highest BCUT2D eigenvalue weighted by Crippen LogP contribution is 2.21. The van der Waals surface area contributed by atoms with E-state index in [9.17, 15) is 8.42 Å². The Bertz CT molecular complexity index is 970. The van der Waals surface area contributed by atoms with Crippen molar-refractivity contribution in [1.29, 1.82) is 0 Å². The minimum Gasteiger partial charge on any atom is -0.497 e. The maximum absolute atomic E-state index is 12.9. The third-order valence-electron chi connectivity index (χ3n) is 5.13. The molecule has 1 saturated heterocycles. The van der Waals surface area contributed by atoms with Gasteiger partial charge in [0.1, 0.15) is 5.75 Å². The molecule has 162 valence electrons. The van der Waals surface area contributed by atoms with E-state index in [-0.39, 0.29) is 0 Å². The maximum atomic E-state index is 12.9. The quantitative estimate of drug-likeness (QED) is 0.521. The summed E-state index contributed by atoms with van der Waals surface area (Å²) in [6, 6.07) is 14.9. The SMILES string of the molecule is CN=C(NCc1cccc(OC)c1)NCc1cccc(S(=O)(=O)N2CCCCC2)c1. The molecule has 0 unspecified atom stereocenters. The predicted molar refractivity (Wildman–Crippen MR) is 119 cm³/mol. The number of sulfonamides is 1. The Labute approximate surface area is 179 Å². The van der Waals surface area contributed by atoms with Crippen LogP contribution in [0.2, 0.25) is 0 Å². The number of ether oxygens (including phenoxy) is 1. The van der Waals surface area contributed by atoms with Crippen LogP contribution in [0.3, 0.4) is 0 Å². The summed E-state index contributed by atoms with van der Waals surface area (Å²) in [5, 5.41) is 6.50. The molecule has 1 aliphatic heterocycles. The average molecular weight is 431 g/mol. The topological polar surface area (TPSA) is 83.0 Å². The van der Waals surface area contributed by atoms with E-state index in [0.29, 0.717) is 37.0 Å². The summed E-state index contributed by atoms with van der Waals surface area (Å²) in [6.45, 7) is 2.28. The number of nitrogens with zero attached hydrogens (tertiary/aromatic N) is 2. The molecular weight excluding hydrogens is 400 g/mol. The van der Waals surface area contributed by atoms with E-state index >= 15 is 0 Å². The number of hydrogen-bond acceptors (Lipinski definition) is 4. The van der Waals surface area contributed by atoms with Crippen LogP contribution < -0.4 is 15.4 Å². The molecule has 2 N–H and O–H groups in total. The number of guanidine groups is 1. The molecule has 0 amide bonds. The third-order valence-corrected chi connectivity index (χ3v) is 7.02. The standard InChI is InChI=1S/C22H30N4O3S/c1-23-22(24-16-18-8-6-10-20(14-18)29-2)25-17-19-9-7-11-21(15-19)30(27,28)26-12-4-3-5-13-26/h6-11,14-15H,3-5,12-13,16-17H2,1-2H3,(H2,23,24,25). The molecule has 30 heavy (non-hydrogen) atoms. The van der Waals surface area contributed by atoms with Crippen LogP contribution in [0.4, 0.5) is 0 Å². The van der Waals surface area contributed by atoms with E-state index in [1.165, 1.54) is 0 Å². The molecule has 3 rings (SSSR count). The zero-order valence-corrected chi connectivity index (χ0v) is 18.4. The van der Waals surface area contributed by atoms with Gasteiger partial charge in [-0.15, -0.1) is 0 Å². The van der Waals surface area contributed by atoms with Crippen LogP contribution in [0, 0.1) is 0 Å². The smallest absolute Gasteiger partial charge is 0.243 e. The Balaban J connectivity index is 1.59. The Morgan fingerprint density at radius 3 is 2.27 bits per heavy atom. The highest BCUT2D eigenvalue weighted by Gasteiger charge is 2.25. The second-order valence-corrected chi connectivity index (χ2v) is 9.18. The van der Waals surface area contributed by atoms with Crippen molar-refractivity contribution < 1.29 is 13.2 Å². The van der Waals surface area contributed by atoms with Gasteiger partial charge in [0, 0.05) is 33.2 Å². The van der Waals surface area contributed by atoms with E-state index in [2.05, 4.69) is 15.6 Å². The maximum Gasteiger partial charge on any atom is 0.243 e. The van der Waals surface area contributed by atoms with Crippen molar-refractivity contribution in [2.75, 3.05) is 27.2 Å². The van der Waals surface area contributed by atoms with Crippen molar-refractivity contribution in [3.05, 3.63) is 59.7 Å². The van der Waals surface area contributed by atoms with Crippen LogP contribution in [0.1, 0.15) is 30.4 Å². The summed E-state index contributed by atoms with van der Waals surface area (Å²) in [6.07, 6.45) is 2.95. The Hall–Kier alpha value is -2.58. The first-order valence-electron chi connectivity index (χ1n) is 10.2. The molecule has 7 nitrogen and oxygen atoms in total. The van der Waals surface area contributed by atoms with Gasteiger partial charge in [0.05, 0.1) is 12.0 Å². The monoisotopic (exact) mass is 430 g/mol. The van der Waals surface area contributed by atoms with E-state index in [1.807, 2.05) is 30.3 Å². The van der Waals surface area contributed by atoms with Gasteiger partial charge in [-0.2, -0.15) is 4.31 Å². The lowest BCUT2D eigenvalue weighted by atomic mass is 10.2. The molecule has 8 heteroatoms. The normalized spacial score (nSPS) is 15.6. The molecule has 0 bridgehead atoms. The highest BCUT2D eigenvalue weighted by molar-refractivity contribution is 7.89. The minimum absolute atomic E-state index is 0.350.